The largest absolute Gasteiger partial charge is 0.380 e. The molecule has 0 aromatic heterocycles. The summed E-state index contributed by atoms with van der Waals surface area (Å²) in [7, 11) is 0. The molecule has 0 saturated carbocycles. The molecule has 2 saturated heterocycles. The van der Waals surface area contributed by atoms with E-state index < -0.39 is 0 Å². The number of hydrogen-bond acceptors (Lipinski definition) is 2. The van der Waals surface area contributed by atoms with E-state index in [1.165, 1.54) is 0 Å². The Kier molecular flexibility index (Phi) is 1.24. The Morgan fingerprint density at radius 1 is 1.22 bits per heavy atom. The van der Waals surface area contributed by atoms with Gasteiger partial charge in [0.05, 0.1) is 25.9 Å². The van der Waals surface area contributed by atoms with Gasteiger partial charge in [-0.1, -0.05) is 0 Å². The minimum atomic E-state index is 0.416. The molecule has 2 atom stereocenters. The Morgan fingerprint density at radius 3 is 2.11 bits per heavy atom. The van der Waals surface area contributed by atoms with Crippen molar-refractivity contribution in [1.82, 2.24) is 0 Å². The Morgan fingerprint density at radius 2 is 2.00 bits per heavy atom. The van der Waals surface area contributed by atoms with Crippen LogP contribution in [0.25, 0.3) is 0 Å². The molecule has 2 fully saturated rings. The molecule has 0 aliphatic carbocycles. The van der Waals surface area contributed by atoms with E-state index in [9.17, 15) is 0 Å². The Bertz CT molecular complexity index is 109. The first-order valence-corrected chi connectivity index (χ1v) is 3.40. The van der Waals surface area contributed by atoms with Gasteiger partial charge in [-0.3, -0.25) is 0 Å². The van der Waals surface area contributed by atoms with Gasteiger partial charge in [-0.25, -0.2) is 0 Å². The van der Waals surface area contributed by atoms with Crippen molar-refractivity contribution in [2.45, 2.75) is 6.10 Å². The molecule has 2 aliphatic heterocycles. The van der Waals surface area contributed by atoms with Crippen molar-refractivity contribution in [3.63, 3.8) is 0 Å². The van der Waals surface area contributed by atoms with E-state index >= 15 is 0 Å². The van der Waals surface area contributed by atoms with Crippen LogP contribution < -0.4 is 0 Å². The fraction of sp³-hybridized carbons (Fsp3) is 0.857. The smallest absolute Gasteiger partial charge is 0.0697 e. The molecule has 2 nitrogen and oxygen atoms in total. The summed E-state index contributed by atoms with van der Waals surface area (Å²) in [5, 5.41) is 0. The van der Waals surface area contributed by atoms with Crippen LogP contribution in [0, 0.1) is 18.8 Å². The van der Waals surface area contributed by atoms with Crippen LogP contribution >= 0.6 is 0 Å². The molecule has 2 heterocycles. The summed E-state index contributed by atoms with van der Waals surface area (Å²) in [6, 6.07) is 0. The third kappa shape index (κ3) is 0.775. The second-order valence-electron chi connectivity index (χ2n) is 2.86. The van der Waals surface area contributed by atoms with E-state index in [0.29, 0.717) is 17.9 Å². The van der Waals surface area contributed by atoms with E-state index in [1.807, 2.05) is 0 Å². The van der Waals surface area contributed by atoms with Crippen molar-refractivity contribution < 1.29 is 9.47 Å². The van der Waals surface area contributed by atoms with Gasteiger partial charge >= 0.3 is 0 Å². The summed E-state index contributed by atoms with van der Waals surface area (Å²) < 4.78 is 10.3. The Labute approximate surface area is 55.1 Å². The van der Waals surface area contributed by atoms with Crippen molar-refractivity contribution >= 4 is 0 Å². The predicted molar refractivity (Wildman–Crippen MR) is 32.9 cm³/mol. The maximum Gasteiger partial charge on any atom is 0.0697 e. The van der Waals surface area contributed by atoms with Gasteiger partial charge in [0.25, 0.3) is 0 Å². The third-order valence-electron chi connectivity index (χ3n) is 2.10. The quantitative estimate of drug-likeness (QED) is 0.510. The van der Waals surface area contributed by atoms with E-state index in [-0.39, 0.29) is 0 Å². The zero-order chi connectivity index (χ0) is 6.27. The first-order chi connectivity index (χ1) is 4.38. The third-order valence-corrected chi connectivity index (χ3v) is 2.10. The van der Waals surface area contributed by atoms with E-state index in [1.54, 1.807) is 0 Å². The minimum absolute atomic E-state index is 0.416. The van der Waals surface area contributed by atoms with Gasteiger partial charge in [0.1, 0.15) is 0 Å². The normalized spacial score (nSPS) is 43.7. The van der Waals surface area contributed by atoms with Crippen LogP contribution in [-0.2, 0) is 9.47 Å². The van der Waals surface area contributed by atoms with Crippen LogP contribution in [0.2, 0.25) is 0 Å². The maximum absolute atomic E-state index is 5.30. The van der Waals surface area contributed by atoms with Crippen molar-refractivity contribution in [1.29, 1.82) is 0 Å². The average Bonchev–Trinajstić information content (AvgIpc) is 1.74. The van der Waals surface area contributed by atoms with Crippen LogP contribution in [0.1, 0.15) is 0 Å². The molecule has 0 aromatic carbocycles. The first kappa shape index (κ1) is 5.69. The lowest BCUT2D eigenvalue weighted by molar-refractivity contribution is -0.189. The lowest BCUT2D eigenvalue weighted by atomic mass is 9.87. The molecule has 2 rings (SSSR count). The highest BCUT2D eigenvalue weighted by Gasteiger charge is 2.38. The van der Waals surface area contributed by atoms with Crippen LogP contribution in [0.5, 0.6) is 0 Å². The fourth-order valence-electron chi connectivity index (χ4n) is 1.31. The lowest BCUT2D eigenvalue weighted by Gasteiger charge is -2.43. The monoisotopic (exact) mass is 127 g/mol. The summed E-state index contributed by atoms with van der Waals surface area (Å²) in [5.74, 6) is 1.18. The van der Waals surface area contributed by atoms with Crippen LogP contribution in [0.4, 0.5) is 0 Å². The highest BCUT2D eigenvalue weighted by molar-refractivity contribution is 4.88. The number of ether oxygens (including phenoxy) is 2. The van der Waals surface area contributed by atoms with Crippen molar-refractivity contribution in [2.75, 3.05) is 19.8 Å². The molecule has 2 unspecified atom stereocenters. The SMILES string of the molecule is [CH2]C1COC1C1COC1. The van der Waals surface area contributed by atoms with Crippen molar-refractivity contribution in [3.05, 3.63) is 6.92 Å². The van der Waals surface area contributed by atoms with Crippen LogP contribution in [0.3, 0.4) is 0 Å². The Balaban J connectivity index is 1.83. The molecule has 51 valence electrons. The van der Waals surface area contributed by atoms with Gasteiger partial charge < -0.3 is 9.47 Å². The molecule has 9 heavy (non-hydrogen) atoms. The summed E-state index contributed by atoms with van der Waals surface area (Å²) in [4.78, 5) is 0. The second kappa shape index (κ2) is 1.96. The second-order valence-corrected chi connectivity index (χ2v) is 2.86. The molecular weight excluding hydrogens is 116 g/mol. The van der Waals surface area contributed by atoms with E-state index in [2.05, 4.69) is 6.92 Å². The average molecular weight is 127 g/mol. The summed E-state index contributed by atoms with van der Waals surface area (Å²) in [5.41, 5.74) is 0. The molecule has 2 heteroatoms. The maximum atomic E-state index is 5.30. The predicted octanol–water partition coefficient (Wildman–Crippen LogP) is 0.482. The molecular formula is C7H11O2. The van der Waals surface area contributed by atoms with Gasteiger partial charge in [-0.15, -0.1) is 0 Å². The number of hydrogen-bond donors (Lipinski definition) is 0. The molecule has 0 bridgehead atoms. The summed E-state index contributed by atoms with van der Waals surface area (Å²) in [6.07, 6.45) is 0.416. The van der Waals surface area contributed by atoms with Crippen LogP contribution in [0.15, 0.2) is 0 Å². The Hall–Kier alpha value is -0.0800. The zero-order valence-corrected chi connectivity index (χ0v) is 5.38. The zero-order valence-electron chi connectivity index (χ0n) is 5.38. The number of rotatable bonds is 1. The van der Waals surface area contributed by atoms with Gasteiger partial charge in [-0.05, 0) is 6.92 Å². The highest BCUT2D eigenvalue weighted by atomic mass is 16.5. The molecule has 0 N–H and O–H groups in total. The molecule has 1 radical (unpaired) electrons. The highest BCUT2D eigenvalue weighted by Crippen LogP contribution is 2.30. The fourth-order valence-corrected chi connectivity index (χ4v) is 1.31. The topological polar surface area (TPSA) is 18.5 Å². The first-order valence-electron chi connectivity index (χ1n) is 3.40. The van der Waals surface area contributed by atoms with Gasteiger partial charge in [0.15, 0.2) is 0 Å². The van der Waals surface area contributed by atoms with Crippen molar-refractivity contribution in [3.8, 4) is 0 Å². The molecule has 0 amide bonds. The lowest BCUT2D eigenvalue weighted by Crippen LogP contribution is -2.50. The summed E-state index contributed by atoms with van der Waals surface area (Å²) in [6.45, 7) is 6.57. The minimum Gasteiger partial charge on any atom is -0.380 e. The van der Waals surface area contributed by atoms with E-state index in [0.717, 1.165) is 19.8 Å². The molecule has 0 spiro atoms. The standard InChI is InChI=1S/C7H11O2/c1-5-2-9-7(5)6-3-8-4-6/h5-7H,1-4H2. The van der Waals surface area contributed by atoms with Gasteiger partial charge in [-0.2, -0.15) is 0 Å². The molecule has 2 aliphatic rings. The van der Waals surface area contributed by atoms with Gasteiger partial charge in [0, 0.05) is 11.8 Å². The summed E-state index contributed by atoms with van der Waals surface area (Å²) >= 11 is 0. The van der Waals surface area contributed by atoms with Gasteiger partial charge in [0.2, 0.25) is 0 Å². The molecule has 0 aromatic rings. The van der Waals surface area contributed by atoms with Crippen molar-refractivity contribution in [2.24, 2.45) is 11.8 Å². The van der Waals surface area contributed by atoms with E-state index in [4.69, 9.17) is 9.47 Å². The van der Waals surface area contributed by atoms with Crippen LogP contribution in [-0.4, -0.2) is 25.9 Å².